The third-order valence-electron chi connectivity index (χ3n) is 5.03. The molecular formula is C24H21NO4. The van der Waals surface area contributed by atoms with Crippen LogP contribution >= 0.6 is 0 Å². The SMILES string of the molecule is CCOCCc1ccc(Nc2ccc(O)c3c2C(=O)c2ccccc2C3=O)cc1. The molecule has 0 heterocycles. The lowest BCUT2D eigenvalue weighted by molar-refractivity contribution is 0.0977. The van der Waals surface area contributed by atoms with Crippen molar-refractivity contribution in [3.8, 4) is 5.75 Å². The number of carbonyl (C=O) groups is 2. The highest BCUT2D eigenvalue weighted by atomic mass is 16.5. The molecule has 4 rings (SSSR count). The molecule has 146 valence electrons. The molecule has 1 aliphatic carbocycles. The maximum absolute atomic E-state index is 13.1. The van der Waals surface area contributed by atoms with Crippen molar-refractivity contribution in [2.75, 3.05) is 18.5 Å². The van der Waals surface area contributed by atoms with E-state index in [0.717, 1.165) is 17.7 Å². The molecule has 0 fully saturated rings. The molecule has 0 atom stereocenters. The first-order valence-corrected chi connectivity index (χ1v) is 9.58. The highest BCUT2D eigenvalue weighted by molar-refractivity contribution is 6.31. The summed E-state index contributed by atoms with van der Waals surface area (Å²) in [6.07, 6.45) is 0.826. The van der Waals surface area contributed by atoms with Gasteiger partial charge in [0.2, 0.25) is 0 Å². The Balaban J connectivity index is 1.67. The van der Waals surface area contributed by atoms with Crippen LogP contribution in [-0.2, 0) is 11.2 Å². The van der Waals surface area contributed by atoms with Gasteiger partial charge in [0.15, 0.2) is 11.6 Å². The molecule has 0 bridgehead atoms. The van der Waals surface area contributed by atoms with Crippen LogP contribution in [0.4, 0.5) is 11.4 Å². The van der Waals surface area contributed by atoms with Gasteiger partial charge in [0.1, 0.15) is 5.75 Å². The van der Waals surface area contributed by atoms with Gasteiger partial charge < -0.3 is 15.2 Å². The van der Waals surface area contributed by atoms with E-state index < -0.39 is 0 Å². The van der Waals surface area contributed by atoms with Crippen molar-refractivity contribution >= 4 is 22.9 Å². The summed E-state index contributed by atoms with van der Waals surface area (Å²) >= 11 is 0. The topological polar surface area (TPSA) is 75.6 Å². The molecule has 0 saturated carbocycles. The maximum atomic E-state index is 13.1. The zero-order valence-electron chi connectivity index (χ0n) is 16.1. The molecule has 0 saturated heterocycles. The molecule has 3 aromatic rings. The summed E-state index contributed by atoms with van der Waals surface area (Å²) in [5.74, 6) is -0.811. The van der Waals surface area contributed by atoms with Gasteiger partial charge in [0.25, 0.3) is 0 Å². The zero-order chi connectivity index (χ0) is 20.4. The number of carbonyl (C=O) groups excluding carboxylic acids is 2. The maximum Gasteiger partial charge on any atom is 0.198 e. The quantitative estimate of drug-likeness (QED) is 0.377. The first kappa shape index (κ1) is 18.9. The second-order valence-corrected chi connectivity index (χ2v) is 6.85. The Kier molecular flexibility index (Phi) is 5.14. The van der Waals surface area contributed by atoms with Crippen LogP contribution < -0.4 is 5.32 Å². The normalized spacial score (nSPS) is 12.4. The smallest absolute Gasteiger partial charge is 0.198 e. The monoisotopic (exact) mass is 387 g/mol. The van der Waals surface area contributed by atoms with E-state index >= 15 is 0 Å². The number of hydrogen-bond acceptors (Lipinski definition) is 5. The van der Waals surface area contributed by atoms with Gasteiger partial charge in [-0.3, -0.25) is 9.59 Å². The highest BCUT2D eigenvalue weighted by Gasteiger charge is 2.33. The summed E-state index contributed by atoms with van der Waals surface area (Å²) < 4.78 is 5.38. The van der Waals surface area contributed by atoms with Crippen LogP contribution in [0.25, 0.3) is 0 Å². The minimum absolute atomic E-state index is 0.0482. The third kappa shape index (κ3) is 3.52. The molecule has 0 unspecified atom stereocenters. The van der Waals surface area contributed by atoms with Gasteiger partial charge in [-0.15, -0.1) is 0 Å². The van der Waals surface area contributed by atoms with E-state index in [2.05, 4.69) is 5.32 Å². The molecule has 5 nitrogen and oxygen atoms in total. The third-order valence-corrected chi connectivity index (χ3v) is 5.03. The second-order valence-electron chi connectivity index (χ2n) is 6.85. The van der Waals surface area contributed by atoms with Crippen LogP contribution in [0.2, 0.25) is 0 Å². The number of fused-ring (bicyclic) bond motifs is 2. The Morgan fingerprint density at radius 3 is 2.17 bits per heavy atom. The van der Waals surface area contributed by atoms with Crippen LogP contribution in [0.15, 0.2) is 60.7 Å². The van der Waals surface area contributed by atoms with Crippen molar-refractivity contribution in [2.24, 2.45) is 0 Å². The van der Waals surface area contributed by atoms with Crippen LogP contribution in [0.5, 0.6) is 5.75 Å². The van der Waals surface area contributed by atoms with Crippen molar-refractivity contribution in [3.63, 3.8) is 0 Å². The summed E-state index contributed by atoms with van der Waals surface area (Å²) in [5, 5.41) is 13.5. The fraction of sp³-hybridized carbons (Fsp3) is 0.167. The Morgan fingerprint density at radius 1 is 0.862 bits per heavy atom. The molecule has 2 N–H and O–H groups in total. The van der Waals surface area contributed by atoms with Gasteiger partial charge in [-0.2, -0.15) is 0 Å². The minimum Gasteiger partial charge on any atom is -0.507 e. The van der Waals surface area contributed by atoms with Gasteiger partial charge in [-0.25, -0.2) is 0 Å². The van der Waals surface area contributed by atoms with E-state index in [0.29, 0.717) is 30.0 Å². The van der Waals surface area contributed by atoms with Crippen molar-refractivity contribution < 1.29 is 19.4 Å². The van der Waals surface area contributed by atoms with Gasteiger partial charge in [-0.1, -0.05) is 36.4 Å². The van der Waals surface area contributed by atoms with E-state index in [-0.39, 0.29) is 28.4 Å². The van der Waals surface area contributed by atoms with E-state index in [9.17, 15) is 14.7 Å². The number of aromatic hydroxyl groups is 1. The predicted molar refractivity (Wildman–Crippen MR) is 111 cm³/mol. The Morgan fingerprint density at radius 2 is 1.52 bits per heavy atom. The molecule has 0 amide bonds. The molecule has 0 radical (unpaired) electrons. The number of benzene rings is 3. The molecule has 3 aromatic carbocycles. The standard InChI is InChI=1S/C24H21NO4/c1-2-29-14-13-15-7-9-16(10-8-15)25-19-11-12-20(26)22-21(19)23(27)17-5-3-4-6-18(17)24(22)28/h3-12,25-26H,2,13-14H2,1H3. The Bertz CT molecular complexity index is 1090. The Labute approximate surface area is 169 Å². The number of anilines is 2. The number of ketones is 2. The van der Waals surface area contributed by atoms with E-state index in [1.54, 1.807) is 30.3 Å². The number of nitrogens with one attached hydrogen (secondary N) is 1. The Hall–Kier alpha value is -3.44. The minimum atomic E-state index is -0.345. The summed E-state index contributed by atoms with van der Waals surface area (Å²) in [6.45, 7) is 3.34. The van der Waals surface area contributed by atoms with Crippen LogP contribution in [-0.4, -0.2) is 29.9 Å². The average Bonchev–Trinajstić information content (AvgIpc) is 2.74. The number of phenolic OH excluding ortho intramolecular Hbond substituents is 1. The fourth-order valence-electron chi connectivity index (χ4n) is 3.55. The molecular weight excluding hydrogens is 366 g/mol. The lowest BCUT2D eigenvalue weighted by atomic mass is 9.82. The lowest BCUT2D eigenvalue weighted by Crippen LogP contribution is -2.22. The van der Waals surface area contributed by atoms with E-state index in [4.69, 9.17) is 4.74 Å². The largest absolute Gasteiger partial charge is 0.507 e. The number of rotatable bonds is 6. The second kappa shape index (κ2) is 7.89. The van der Waals surface area contributed by atoms with Crippen molar-refractivity contribution in [2.45, 2.75) is 13.3 Å². The molecule has 5 heteroatoms. The van der Waals surface area contributed by atoms with Gasteiger partial charge in [0, 0.05) is 23.4 Å². The van der Waals surface area contributed by atoms with Crippen LogP contribution in [0, 0.1) is 0 Å². The molecule has 0 aromatic heterocycles. The number of phenols is 1. The van der Waals surface area contributed by atoms with Gasteiger partial charge in [-0.05, 0) is 43.2 Å². The highest BCUT2D eigenvalue weighted by Crippen LogP contribution is 2.37. The predicted octanol–water partition coefficient (Wildman–Crippen LogP) is 4.49. The lowest BCUT2D eigenvalue weighted by Gasteiger charge is -2.21. The molecule has 1 aliphatic rings. The van der Waals surface area contributed by atoms with Crippen molar-refractivity contribution in [3.05, 3.63) is 88.5 Å². The summed E-state index contributed by atoms with van der Waals surface area (Å²) in [4.78, 5) is 26.0. The average molecular weight is 387 g/mol. The zero-order valence-corrected chi connectivity index (χ0v) is 16.1. The van der Waals surface area contributed by atoms with Crippen LogP contribution in [0.1, 0.15) is 44.3 Å². The first-order chi connectivity index (χ1) is 14.1. The number of ether oxygens (including phenoxy) is 1. The van der Waals surface area contributed by atoms with Crippen molar-refractivity contribution in [1.29, 1.82) is 0 Å². The molecule has 0 spiro atoms. The molecule has 29 heavy (non-hydrogen) atoms. The summed E-state index contributed by atoms with van der Waals surface area (Å²) in [7, 11) is 0. The molecule has 0 aliphatic heterocycles. The van der Waals surface area contributed by atoms with Gasteiger partial charge in [0.05, 0.1) is 23.4 Å². The van der Waals surface area contributed by atoms with Crippen LogP contribution in [0.3, 0.4) is 0 Å². The first-order valence-electron chi connectivity index (χ1n) is 9.58. The number of hydrogen-bond donors (Lipinski definition) is 2. The fourth-order valence-corrected chi connectivity index (χ4v) is 3.55. The van der Waals surface area contributed by atoms with E-state index in [1.165, 1.54) is 6.07 Å². The van der Waals surface area contributed by atoms with Gasteiger partial charge >= 0.3 is 0 Å². The summed E-state index contributed by atoms with van der Waals surface area (Å²) in [5.41, 5.74) is 3.35. The van der Waals surface area contributed by atoms with Crippen molar-refractivity contribution in [1.82, 2.24) is 0 Å². The summed E-state index contributed by atoms with van der Waals surface area (Å²) in [6, 6.07) is 17.6. The van der Waals surface area contributed by atoms with E-state index in [1.807, 2.05) is 31.2 Å².